The van der Waals surface area contributed by atoms with Crippen LogP contribution in [0.2, 0.25) is 0 Å². The van der Waals surface area contributed by atoms with E-state index in [0.29, 0.717) is 6.61 Å². The average molecular weight is 273 g/mol. The fourth-order valence-electron chi connectivity index (χ4n) is 2.25. The van der Waals surface area contributed by atoms with Gasteiger partial charge in [0.1, 0.15) is 5.75 Å². The lowest BCUT2D eigenvalue weighted by atomic mass is 10.1. The normalized spacial score (nSPS) is 12.4. The Balaban J connectivity index is 2.13. The quantitative estimate of drug-likeness (QED) is 0.879. The van der Waals surface area contributed by atoms with Crippen LogP contribution in [0.3, 0.4) is 0 Å². The Kier molecular flexibility index (Phi) is 4.79. The average Bonchev–Trinajstić information content (AvgIpc) is 2.78. The van der Waals surface area contributed by atoms with E-state index in [-0.39, 0.29) is 6.04 Å². The second-order valence-electron chi connectivity index (χ2n) is 4.91. The number of hydrogen-bond donors (Lipinski definition) is 1. The van der Waals surface area contributed by atoms with Crippen molar-refractivity contribution in [1.82, 2.24) is 14.9 Å². The molecule has 2 aromatic rings. The molecule has 0 aliphatic rings. The van der Waals surface area contributed by atoms with E-state index in [2.05, 4.69) is 33.9 Å². The standard InChI is InChI=1S/C16H23N3O/c1-5-20-15-8-6-14(7-9-15)16(17-4)10-19-11-18-12(2)13(19)3/h6-9,11,16-17H,5,10H2,1-4H3. The van der Waals surface area contributed by atoms with E-state index in [9.17, 15) is 0 Å². The highest BCUT2D eigenvalue weighted by Gasteiger charge is 2.12. The van der Waals surface area contributed by atoms with E-state index in [0.717, 1.165) is 18.0 Å². The monoisotopic (exact) mass is 273 g/mol. The van der Waals surface area contributed by atoms with Crippen molar-refractivity contribution in [1.29, 1.82) is 0 Å². The number of ether oxygens (including phenoxy) is 1. The first kappa shape index (κ1) is 14.6. The van der Waals surface area contributed by atoms with E-state index in [1.54, 1.807) is 0 Å². The maximum absolute atomic E-state index is 5.48. The highest BCUT2D eigenvalue weighted by molar-refractivity contribution is 5.29. The first-order valence-corrected chi connectivity index (χ1v) is 7.04. The Labute approximate surface area is 120 Å². The van der Waals surface area contributed by atoms with Gasteiger partial charge in [0, 0.05) is 18.3 Å². The van der Waals surface area contributed by atoms with Crippen molar-refractivity contribution in [2.24, 2.45) is 0 Å². The van der Waals surface area contributed by atoms with E-state index in [1.165, 1.54) is 11.3 Å². The maximum atomic E-state index is 5.48. The van der Waals surface area contributed by atoms with Crippen molar-refractivity contribution in [2.75, 3.05) is 13.7 Å². The van der Waals surface area contributed by atoms with E-state index in [4.69, 9.17) is 4.74 Å². The van der Waals surface area contributed by atoms with Gasteiger partial charge >= 0.3 is 0 Å². The number of nitrogens with one attached hydrogen (secondary N) is 1. The molecule has 0 amide bonds. The van der Waals surface area contributed by atoms with Gasteiger partial charge in [-0.15, -0.1) is 0 Å². The predicted molar refractivity (Wildman–Crippen MR) is 81.1 cm³/mol. The largest absolute Gasteiger partial charge is 0.494 e. The summed E-state index contributed by atoms with van der Waals surface area (Å²) in [5, 5.41) is 3.37. The third-order valence-electron chi connectivity index (χ3n) is 3.67. The molecule has 1 heterocycles. The smallest absolute Gasteiger partial charge is 0.119 e. The van der Waals surface area contributed by atoms with Gasteiger partial charge in [0.25, 0.3) is 0 Å². The van der Waals surface area contributed by atoms with Gasteiger partial charge in [0.2, 0.25) is 0 Å². The van der Waals surface area contributed by atoms with Crippen molar-refractivity contribution < 1.29 is 4.74 Å². The summed E-state index contributed by atoms with van der Waals surface area (Å²) >= 11 is 0. The van der Waals surface area contributed by atoms with Gasteiger partial charge in [-0.3, -0.25) is 0 Å². The molecule has 1 atom stereocenters. The van der Waals surface area contributed by atoms with Crippen LogP contribution in [0.4, 0.5) is 0 Å². The van der Waals surface area contributed by atoms with Crippen molar-refractivity contribution in [3.63, 3.8) is 0 Å². The molecule has 20 heavy (non-hydrogen) atoms. The minimum Gasteiger partial charge on any atom is -0.494 e. The van der Waals surface area contributed by atoms with E-state index in [1.807, 2.05) is 39.4 Å². The number of likely N-dealkylation sites (N-methyl/N-ethyl adjacent to an activating group) is 1. The zero-order chi connectivity index (χ0) is 14.5. The molecule has 0 spiro atoms. The molecule has 1 aromatic carbocycles. The maximum Gasteiger partial charge on any atom is 0.119 e. The van der Waals surface area contributed by atoms with Gasteiger partial charge in [-0.05, 0) is 45.5 Å². The lowest BCUT2D eigenvalue weighted by Crippen LogP contribution is -2.22. The molecule has 0 fully saturated rings. The number of imidazole rings is 1. The molecule has 0 radical (unpaired) electrons. The summed E-state index contributed by atoms with van der Waals surface area (Å²) in [5.74, 6) is 0.917. The second-order valence-corrected chi connectivity index (χ2v) is 4.91. The predicted octanol–water partition coefficient (Wildman–Crippen LogP) is 2.86. The van der Waals surface area contributed by atoms with Crippen LogP contribution in [0.5, 0.6) is 5.75 Å². The number of aromatic nitrogens is 2. The minimum absolute atomic E-state index is 0.262. The van der Waals surface area contributed by atoms with Crippen molar-refractivity contribution in [3.8, 4) is 5.75 Å². The van der Waals surface area contributed by atoms with Gasteiger partial charge in [-0.2, -0.15) is 0 Å². The first-order valence-electron chi connectivity index (χ1n) is 7.04. The van der Waals surface area contributed by atoms with Crippen LogP contribution >= 0.6 is 0 Å². The van der Waals surface area contributed by atoms with E-state index >= 15 is 0 Å². The fraction of sp³-hybridized carbons (Fsp3) is 0.438. The van der Waals surface area contributed by atoms with Crippen molar-refractivity contribution in [3.05, 3.63) is 47.5 Å². The molecular weight excluding hydrogens is 250 g/mol. The summed E-state index contributed by atoms with van der Waals surface area (Å²) in [5.41, 5.74) is 3.56. The molecule has 0 aliphatic carbocycles. The second kappa shape index (κ2) is 6.57. The van der Waals surface area contributed by atoms with Gasteiger partial charge in [-0.1, -0.05) is 12.1 Å². The number of hydrogen-bond acceptors (Lipinski definition) is 3. The molecule has 2 rings (SSSR count). The Morgan fingerprint density at radius 2 is 1.95 bits per heavy atom. The molecule has 1 unspecified atom stereocenters. The molecule has 0 aliphatic heterocycles. The molecule has 0 bridgehead atoms. The summed E-state index contributed by atoms with van der Waals surface area (Å²) in [7, 11) is 1.99. The van der Waals surface area contributed by atoms with Crippen LogP contribution in [0.15, 0.2) is 30.6 Å². The van der Waals surface area contributed by atoms with Crippen molar-refractivity contribution >= 4 is 0 Å². The summed E-state index contributed by atoms with van der Waals surface area (Å²) in [4.78, 5) is 4.35. The van der Waals surface area contributed by atoms with Crippen LogP contribution < -0.4 is 10.1 Å². The third-order valence-corrected chi connectivity index (χ3v) is 3.67. The Hall–Kier alpha value is -1.81. The van der Waals surface area contributed by atoms with Crippen LogP contribution in [0.1, 0.15) is 29.9 Å². The molecule has 0 saturated carbocycles. The molecule has 108 valence electrons. The summed E-state index contributed by atoms with van der Waals surface area (Å²) in [6, 6.07) is 8.54. The van der Waals surface area contributed by atoms with Gasteiger partial charge in [0.15, 0.2) is 0 Å². The Morgan fingerprint density at radius 1 is 1.25 bits per heavy atom. The number of aryl methyl sites for hydroxylation is 1. The number of rotatable bonds is 6. The molecule has 4 nitrogen and oxygen atoms in total. The number of nitrogens with zero attached hydrogens (tertiary/aromatic N) is 2. The fourth-order valence-corrected chi connectivity index (χ4v) is 2.25. The summed E-state index contributed by atoms with van der Waals surface area (Å²) in [6.07, 6.45) is 1.91. The highest BCUT2D eigenvalue weighted by Crippen LogP contribution is 2.20. The topological polar surface area (TPSA) is 39.1 Å². The molecule has 1 N–H and O–H groups in total. The zero-order valence-corrected chi connectivity index (χ0v) is 12.7. The highest BCUT2D eigenvalue weighted by atomic mass is 16.5. The van der Waals surface area contributed by atoms with Crippen LogP contribution in [-0.2, 0) is 6.54 Å². The summed E-state index contributed by atoms with van der Waals surface area (Å²) in [6.45, 7) is 7.71. The number of benzene rings is 1. The minimum atomic E-state index is 0.262. The van der Waals surface area contributed by atoms with Gasteiger partial charge in [0.05, 0.1) is 18.6 Å². The molecule has 1 aromatic heterocycles. The SMILES string of the molecule is CCOc1ccc(C(Cn2cnc(C)c2C)NC)cc1. The van der Waals surface area contributed by atoms with Gasteiger partial charge in [-0.25, -0.2) is 4.98 Å². The van der Waals surface area contributed by atoms with Crippen molar-refractivity contribution in [2.45, 2.75) is 33.4 Å². The molecular formula is C16H23N3O. The summed E-state index contributed by atoms with van der Waals surface area (Å²) < 4.78 is 7.67. The van der Waals surface area contributed by atoms with Crippen LogP contribution in [0.25, 0.3) is 0 Å². The first-order chi connectivity index (χ1) is 9.65. The van der Waals surface area contributed by atoms with Crippen LogP contribution in [0, 0.1) is 13.8 Å². The van der Waals surface area contributed by atoms with Crippen LogP contribution in [-0.4, -0.2) is 23.2 Å². The molecule has 4 heteroatoms. The lowest BCUT2D eigenvalue weighted by molar-refractivity contribution is 0.340. The molecule has 0 saturated heterocycles. The van der Waals surface area contributed by atoms with E-state index < -0.39 is 0 Å². The Bertz CT molecular complexity index is 545. The Morgan fingerprint density at radius 3 is 2.45 bits per heavy atom. The third kappa shape index (κ3) is 3.20. The van der Waals surface area contributed by atoms with Gasteiger partial charge < -0.3 is 14.6 Å². The zero-order valence-electron chi connectivity index (χ0n) is 12.7. The lowest BCUT2D eigenvalue weighted by Gasteiger charge is -2.18.